The molecule has 1 N–H and O–H groups in total. The van der Waals surface area contributed by atoms with Gasteiger partial charge in [-0.3, -0.25) is 10.1 Å². The number of nitrogens with one attached hydrogen (secondary N) is 1. The smallest absolute Gasteiger partial charge is 0.342 e. The summed E-state index contributed by atoms with van der Waals surface area (Å²) in [6.07, 6.45) is 0.449. The molecule has 0 radical (unpaired) electrons. The molecule has 0 saturated heterocycles. The maximum atomic E-state index is 12.2. The van der Waals surface area contributed by atoms with E-state index < -0.39 is 18.0 Å². The van der Waals surface area contributed by atoms with Crippen LogP contribution in [-0.2, 0) is 9.53 Å². The molecule has 1 atom stereocenters. The Morgan fingerprint density at radius 3 is 2.69 bits per heavy atom. The largest absolute Gasteiger partial charge is 0.449 e. The van der Waals surface area contributed by atoms with Crippen LogP contribution in [0.5, 0.6) is 0 Å². The molecule has 8 heteroatoms. The van der Waals surface area contributed by atoms with E-state index >= 15 is 0 Å². The Kier molecular flexibility index (Phi) is 5.60. The quantitative estimate of drug-likeness (QED) is 0.527. The molecule has 2 heterocycles. The third-order valence-electron chi connectivity index (χ3n) is 3.44. The maximum Gasteiger partial charge on any atom is 0.342 e. The highest BCUT2D eigenvalue weighted by atomic mass is 35.5. The van der Waals surface area contributed by atoms with Gasteiger partial charge in [0.05, 0.1) is 11.3 Å². The second-order valence-electron chi connectivity index (χ2n) is 5.28. The molecule has 3 rings (SSSR count). The van der Waals surface area contributed by atoms with Crippen molar-refractivity contribution in [2.75, 3.05) is 5.32 Å². The third kappa shape index (κ3) is 4.25. The summed E-state index contributed by atoms with van der Waals surface area (Å²) >= 11 is 7.15. The lowest BCUT2D eigenvalue weighted by Gasteiger charge is -2.12. The average Bonchev–Trinajstić information content (AvgIpc) is 3.11. The summed E-state index contributed by atoms with van der Waals surface area (Å²) in [7, 11) is 0. The topological polar surface area (TPSA) is 81.2 Å². The highest BCUT2D eigenvalue weighted by Crippen LogP contribution is 2.24. The number of carbonyl (C=O) groups is 2. The number of esters is 1. The first-order chi connectivity index (χ1) is 12.5. The molecule has 132 valence electrons. The molecule has 0 fully saturated rings. The van der Waals surface area contributed by atoms with E-state index in [0.29, 0.717) is 5.13 Å². The number of rotatable bonds is 5. The Balaban J connectivity index is 1.62. The van der Waals surface area contributed by atoms with Gasteiger partial charge in [-0.15, -0.1) is 11.3 Å². The van der Waals surface area contributed by atoms with Gasteiger partial charge in [0, 0.05) is 17.1 Å². The highest BCUT2D eigenvalue weighted by Gasteiger charge is 2.21. The predicted octanol–water partition coefficient (Wildman–Crippen LogP) is 4.04. The first-order valence-electron chi connectivity index (χ1n) is 7.68. The second-order valence-corrected chi connectivity index (χ2v) is 6.50. The number of hydrogen-bond acceptors (Lipinski definition) is 6. The molecule has 1 aromatic carbocycles. The first kappa shape index (κ1) is 18.0. The Morgan fingerprint density at radius 2 is 1.96 bits per heavy atom. The van der Waals surface area contributed by atoms with E-state index in [9.17, 15) is 9.59 Å². The minimum absolute atomic E-state index is 0.0255. The number of carbonyl (C=O) groups excluding carboxylic acids is 2. The van der Waals surface area contributed by atoms with Crippen LogP contribution in [-0.4, -0.2) is 27.9 Å². The van der Waals surface area contributed by atoms with Gasteiger partial charge >= 0.3 is 5.97 Å². The van der Waals surface area contributed by atoms with Gasteiger partial charge in [0.15, 0.2) is 11.2 Å². The molecule has 0 spiro atoms. The van der Waals surface area contributed by atoms with Gasteiger partial charge in [0.1, 0.15) is 5.15 Å². The summed E-state index contributed by atoms with van der Waals surface area (Å²) in [6, 6.07) is 12.7. The normalized spacial score (nSPS) is 11.6. The second kappa shape index (κ2) is 8.07. The van der Waals surface area contributed by atoms with Gasteiger partial charge in [0.2, 0.25) is 0 Å². The van der Waals surface area contributed by atoms with Gasteiger partial charge in [-0.2, -0.15) is 0 Å². The van der Waals surface area contributed by atoms with Crippen LogP contribution in [0, 0.1) is 0 Å². The van der Waals surface area contributed by atoms with E-state index in [0.717, 1.165) is 11.3 Å². The Hall–Kier alpha value is -2.77. The number of ether oxygens (including phenoxy) is 1. The van der Waals surface area contributed by atoms with E-state index in [2.05, 4.69) is 15.3 Å². The molecule has 0 aliphatic heterocycles. The van der Waals surface area contributed by atoms with E-state index in [1.165, 1.54) is 30.5 Å². The number of anilines is 1. The monoisotopic (exact) mass is 387 g/mol. The van der Waals surface area contributed by atoms with Crippen LogP contribution >= 0.6 is 22.9 Å². The zero-order chi connectivity index (χ0) is 18.5. The van der Waals surface area contributed by atoms with Gasteiger partial charge in [-0.25, -0.2) is 14.8 Å². The first-order valence-corrected chi connectivity index (χ1v) is 8.93. The van der Waals surface area contributed by atoms with Crippen LogP contribution in [0.3, 0.4) is 0 Å². The number of halogens is 1. The van der Waals surface area contributed by atoms with Crippen molar-refractivity contribution in [2.24, 2.45) is 0 Å². The lowest BCUT2D eigenvalue weighted by molar-refractivity contribution is -0.123. The van der Waals surface area contributed by atoms with Crippen molar-refractivity contribution in [1.29, 1.82) is 0 Å². The fourth-order valence-electron chi connectivity index (χ4n) is 2.10. The van der Waals surface area contributed by atoms with Crippen LogP contribution in [0.4, 0.5) is 5.13 Å². The predicted molar refractivity (Wildman–Crippen MR) is 100 cm³/mol. The number of benzene rings is 1. The van der Waals surface area contributed by atoms with Crippen molar-refractivity contribution in [3.63, 3.8) is 0 Å². The number of hydrogen-bond donors (Lipinski definition) is 1. The van der Waals surface area contributed by atoms with Crippen molar-refractivity contribution < 1.29 is 14.3 Å². The van der Waals surface area contributed by atoms with E-state index in [1.807, 2.05) is 35.7 Å². The minimum Gasteiger partial charge on any atom is -0.449 e. The van der Waals surface area contributed by atoms with Crippen molar-refractivity contribution in [2.45, 2.75) is 13.0 Å². The molecular weight excluding hydrogens is 374 g/mol. The molecule has 0 aliphatic carbocycles. The lowest BCUT2D eigenvalue weighted by Crippen LogP contribution is -2.30. The van der Waals surface area contributed by atoms with Crippen LogP contribution in [0.2, 0.25) is 5.15 Å². The third-order valence-corrected chi connectivity index (χ3v) is 4.49. The standard InChI is InChI=1S/C18H14ClN3O3S/c1-11(25-17(24)13-8-5-9-20-15(13)19)16(23)22-18-21-14(10-26-18)12-6-3-2-4-7-12/h2-11H,1H3,(H,21,22,23). The van der Waals surface area contributed by atoms with Crippen molar-refractivity contribution >= 4 is 39.9 Å². The fraction of sp³-hybridized carbons (Fsp3) is 0.111. The molecule has 1 amide bonds. The van der Waals surface area contributed by atoms with Gasteiger partial charge in [-0.1, -0.05) is 41.9 Å². The molecular formula is C18H14ClN3O3S. The molecule has 1 unspecified atom stereocenters. The lowest BCUT2D eigenvalue weighted by atomic mass is 10.2. The molecule has 2 aromatic heterocycles. The molecule has 6 nitrogen and oxygen atoms in total. The van der Waals surface area contributed by atoms with E-state index in [1.54, 1.807) is 6.07 Å². The van der Waals surface area contributed by atoms with Crippen molar-refractivity contribution in [3.8, 4) is 11.3 Å². The van der Waals surface area contributed by atoms with Crippen LogP contribution in [0.25, 0.3) is 11.3 Å². The van der Waals surface area contributed by atoms with Crippen molar-refractivity contribution in [3.05, 3.63) is 64.8 Å². The number of nitrogens with zero attached hydrogens (tertiary/aromatic N) is 2. The molecule has 0 bridgehead atoms. The Bertz CT molecular complexity index is 930. The summed E-state index contributed by atoms with van der Waals surface area (Å²) in [4.78, 5) is 32.5. The van der Waals surface area contributed by atoms with Gasteiger partial charge in [0.25, 0.3) is 5.91 Å². The van der Waals surface area contributed by atoms with Crippen LogP contribution < -0.4 is 5.32 Å². The van der Waals surface area contributed by atoms with Crippen molar-refractivity contribution in [1.82, 2.24) is 9.97 Å². The Labute approximate surface area is 158 Å². The summed E-state index contributed by atoms with van der Waals surface area (Å²) < 4.78 is 5.14. The number of thiazole rings is 1. The summed E-state index contributed by atoms with van der Waals surface area (Å²) in [5, 5.41) is 4.94. The number of amides is 1. The van der Waals surface area contributed by atoms with Crippen LogP contribution in [0.1, 0.15) is 17.3 Å². The van der Waals surface area contributed by atoms with E-state index in [4.69, 9.17) is 16.3 Å². The summed E-state index contributed by atoms with van der Waals surface area (Å²) in [5.74, 6) is -1.19. The SMILES string of the molecule is CC(OC(=O)c1cccnc1Cl)C(=O)Nc1nc(-c2ccccc2)cs1. The van der Waals surface area contributed by atoms with Gasteiger partial charge in [-0.05, 0) is 19.1 Å². The Morgan fingerprint density at radius 1 is 1.19 bits per heavy atom. The van der Waals surface area contributed by atoms with E-state index in [-0.39, 0.29) is 10.7 Å². The summed E-state index contributed by atoms with van der Waals surface area (Å²) in [6.45, 7) is 1.48. The number of aromatic nitrogens is 2. The zero-order valence-electron chi connectivity index (χ0n) is 13.7. The molecule has 0 aliphatic rings. The zero-order valence-corrected chi connectivity index (χ0v) is 15.3. The average molecular weight is 388 g/mol. The highest BCUT2D eigenvalue weighted by molar-refractivity contribution is 7.14. The molecule has 3 aromatic rings. The molecule has 26 heavy (non-hydrogen) atoms. The van der Waals surface area contributed by atoms with Gasteiger partial charge < -0.3 is 4.74 Å². The molecule has 0 saturated carbocycles. The fourth-order valence-corrected chi connectivity index (χ4v) is 3.01. The minimum atomic E-state index is -1.01. The maximum absolute atomic E-state index is 12.2. The number of pyridine rings is 1. The summed E-state index contributed by atoms with van der Waals surface area (Å²) in [5.41, 5.74) is 1.82. The van der Waals surface area contributed by atoms with Crippen LogP contribution in [0.15, 0.2) is 54.0 Å².